The van der Waals surface area contributed by atoms with E-state index in [9.17, 15) is 13.2 Å². The largest absolute Gasteiger partial charge is 0.382 e. The van der Waals surface area contributed by atoms with Crippen molar-refractivity contribution < 1.29 is 17.4 Å². The summed E-state index contributed by atoms with van der Waals surface area (Å²) in [6.45, 7) is 11.5. The summed E-state index contributed by atoms with van der Waals surface area (Å²) >= 11 is 0. The van der Waals surface area contributed by atoms with Crippen LogP contribution in [0.5, 0.6) is 5.75 Å². The number of carbonyl (C=O) groups excluding carboxylic acids is 1. The predicted octanol–water partition coefficient (Wildman–Crippen LogP) is 3.52. The number of hydrogen-bond donors (Lipinski definition) is 1. The fourth-order valence-corrected chi connectivity index (χ4v) is 2.63. The standard InChI is InChI=1S/C18H30N2O4S/c1-7-15(6)20(18(21)19-13(2)3)12-16-8-10-17(11-9-16)24-25(22,23)14(4)5/h8-11,13-15H,7,12H2,1-6H3,(H,19,21)/t15-/m0/s1. The lowest BCUT2D eigenvalue weighted by atomic mass is 10.1. The predicted molar refractivity (Wildman–Crippen MR) is 100 cm³/mol. The molecule has 0 saturated carbocycles. The fraction of sp³-hybridized carbons (Fsp3) is 0.611. The number of hydrogen-bond acceptors (Lipinski definition) is 4. The molecule has 0 heterocycles. The zero-order valence-corrected chi connectivity index (χ0v) is 16.8. The van der Waals surface area contributed by atoms with Crippen LogP contribution in [-0.2, 0) is 16.7 Å². The molecule has 0 fully saturated rings. The SMILES string of the molecule is CC[C@H](C)N(Cc1ccc(OS(=O)(=O)C(C)C)cc1)C(=O)NC(C)C. The van der Waals surface area contributed by atoms with Crippen molar-refractivity contribution in [1.82, 2.24) is 10.2 Å². The number of carbonyl (C=O) groups is 1. The van der Waals surface area contributed by atoms with E-state index in [0.717, 1.165) is 12.0 Å². The van der Waals surface area contributed by atoms with E-state index >= 15 is 0 Å². The summed E-state index contributed by atoms with van der Waals surface area (Å²) in [4.78, 5) is 14.2. The fourth-order valence-electron chi connectivity index (χ4n) is 2.06. The van der Waals surface area contributed by atoms with Crippen molar-refractivity contribution in [3.63, 3.8) is 0 Å². The molecule has 0 aliphatic rings. The Morgan fingerprint density at radius 2 is 1.68 bits per heavy atom. The molecule has 0 saturated heterocycles. The van der Waals surface area contributed by atoms with Gasteiger partial charge in [-0.05, 0) is 58.7 Å². The Morgan fingerprint density at radius 1 is 1.12 bits per heavy atom. The summed E-state index contributed by atoms with van der Waals surface area (Å²) in [5.74, 6) is 0.277. The second-order valence-electron chi connectivity index (χ2n) is 6.76. The quantitative estimate of drug-likeness (QED) is 0.710. The third-order valence-electron chi connectivity index (χ3n) is 3.86. The van der Waals surface area contributed by atoms with Crippen molar-refractivity contribution in [3.8, 4) is 5.75 Å². The highest BCUT2D eigenvalue weighted by atomic mass is 32.2. The van der Waals surface area contributed by atoms with Crippen LogP contribution in [0.2, 0.25) is 0 Å². The van der Waals surface area contributed by atoms with Gasteiger partial charge in [-0.1, -0.05) is 19.1 Å². The molecule has 0 bridgehead atoms. The maximum absolute atomic E-state index is 12.4. The first-order valence-electron chi connectivity index (χ1n) is 8.66. The zero-order valence-electron chi connectivity index (χ0n) is 15.9. The Kier molecular flexibility index (Phi) is 7.73. The van der Waals surface area contributed by atoms with E-state index < -0.39 is 15.4 Å². The molecular weight excluding hydrogens is 340 g/mol. The van der Waals surface area contributed by atoms with Gasteiger partial charge in [0.05, 0.1) is 5.25 Å². The van der Waals surface area contributed by atoms with E-state index in [0.29, 0.717) is 6.54 Å². The van der Waals surface area contributed by atoms with Gasteiger partial charge < -0.3 is 14.4 Å². The molecule has 0 aromatic heterocycles. The smallest absolute Gasteiger partial charge is 0.318 e. The van der Waals surface area contributed by atoms with Gasteiger partial charge in [0, 0.05) is 18.6 Å². The van der Waals surface area contributed by atoms with Gasteiger partial charge in [0.2, 0.25) is 0 Å². The number of nitrogens with zero attached hydrogens (tertiary/aromatic N) is 1. The molecule has 0 radical (unpaired) electrons. The minimum absolute atomic E-state index is 0.0658. The van der Waals surface area contributed by atoms with Crippen molar-refractivity contribution in [2.24, 2.45) is 0 Å². The van der Waals surface area contributed by atoms with Crippen molar-refractivity contribution in [2.75, 3.05) is 0 Å². The topological polar surface area (TPSA) is 75.7 Å². The van der Waals surface area contributed by atoms with Crippen LogP contribution >= 0.6 is 0 Å². The molecule has 6 nitrogen and oxygen atoms in total. The average Bonchev–Trinajstić information content (AvgIpc) is 2.52. The molecular formula is C18H30N2O4S. The van der Waals surface area contributed by atoms with E-state index in [-0.39, 0.29) is 23.9 Å². The van der Waals surface area contributed by atoms with E-state index in [4.69, 9.17) is 4.18 Å². The molecule has 2 amide bonds. The summed E-state index contributed by atoms with van der Waals surface area (Å²) in [6, 6.07) is 6.85. The molecule has 0 unspecified atom stereocenters. The van der Waals surface area contributed by atoms with Crippen LogP contribution in [-0.4, -0.2) is 36.7 Å². The summed E-state index contributed by atoms with van der Waals surface area (Å²) in [5, 5.41) is 2.31. The molecule has 7 heteroatoms. The number of rotatable bonds is 8. The summed E-state index contributed by atoms with van der Waals surface area (Å²) < 4.78 is 28.7. The molecule has 1 aromatic rings. The lowest BCUT2D eigenvalue weighted by Crippen LogP contribution is -2.46. The maximum Gasteiger partial charge on any atom is 0.318 e. The van der Waals surface area contributed by atoms with Crippen molar-refractivity contribution in [2.45, 2.75) is 71.8 Å². The van der Waals surface area contributed by atoms with Crippen LogP contribution < -0.4 is 9.50 Å². The van der Waals surface area contributed by atoms with E-state index in [1.165, 1.54) is 0 Å². The van der Waals surface area contributed by atoms with Gasteiger partial charge in [-0.3, -0.25) is 0 Å². The third-order valence-corrected chi connectivity index (χ3v) is 5.44. The normalized spacial score (nSPS) is 13.0. The van der Waals surface area contributed by atoms with Gasteiger partial charge >= 0.3 is 16.1 Å². The summed E-state index contributed by atoms with van der Waals surface area (Å²) in [6.07, 6.45) is 0.847. The van der Waals surface area contributed by atoms with Gasteiger partial charge in [-0.25, -0.2) is 4.79 Å². The number of nitrogens with one attached hydrogen (secondary N) is 1. The molecule has 25 heavy (non-hydrogen) atoms. The highest BCUT2D eigenvalue weighted by molar-refractivity contribution is 7.87. The Balaban J connectivity index is 2.87. The minimum Gasteiger partial charge on any atom is -0.382 e. The van der Waals surface area contributed by atoms with E-state index in [2.05, 4.69) is 5.32 Å². The maximum atomic E-state index is 12.4. The number of benzene rings is 1. The second kappa shape index (κ2) is 9.08. The Morgan fingerprint density at radius 3 is 2.12 bits per heavy atom. The van der Waals surface area contributed by atoms with Gasteiger partial charge in [0.1, 0.15) is 5.75 Å². The molecule has 1 aromatic carbocycles. The second-order valence-corrected chi connectivity index (χ2v) is 8.85. The molecule has 1 atom stereocenters. The van der Waals surface area contributed by atoms with Crippen LogP contribution in [0.4, 0.5) is 4.79 Å². The van der Waals surface area contributed by atoms with Crippen LogP contribution in [0, 0.1) is 0 Å². The molecule has 1 N–H and O–H groups in total. The third kappa shape index (κ3) is 6.57. The van der Waals surface area contributed by atoms with Crippen molar-refractivity contribution in [1.29, 1.82) is 0 Å². The minimum atomic E-state index is -3.61. The average molecular weight is 371 g/mol. The lowest BCUT2D eigenvalue weighted by Gasteiger charge is -2.29. The summed E-state index contributed by atoms with van der Waals surface area (Å²) in [5.41, 5.74) is 0.911. The van der Waals surface area contributed by atoms with Gasteiger partial charge in [0.25, 0.3) is 0 Å². The number of amides is 2. The lowest BCUT2D eigenvalue weighted by molar-refractivity contribution is 0.171. The first-order chi connectivity index (χ1) is 11.6. The van der Waals surface area contributed by atoms with Crippen LogP contribution in [0.15, 0.2) is 24.3 Å². The molecule has 1 rings (SSSR count). The zero-order chi connectivity index (χ0) is 19.2. The van der Waals surface area contributed by atoms with Crippen molar-refractivity contribution in [3.05, 3.63) is 29.8 Å². The molecule has 0 aliphatic carbocycles. The molecule has 142 valence electrons. The summed E-state index contributed by atoms with van der Waals surface area (Å²) in [7, 11) is -3.61. The van der Waals surface area contributed by atoms with Crippen molar-refractivity contribution >= 4 is 16.1 Å². The van der Waals surface area contributed by atoms with Crippen LogP contribution in [0.3, 0.4) is 0 Å². The Bertz CT molecular complexity index is 654. The van der Waals surface area contributed by atoms with E-state index in [1.807, 2.05) is 27.7 Å². The van der Waals surface area contributed by atoms with Gasteiger partial charge in [0.15, 0.2) is 0 Å². The first kappa shape index (κ1) is 21.3. The van der Waals surface area contributed by atoms with Crippen LogP contribution in [0.25, 0.3) is 0 Å². The van der Waals surface area contributed by atoms with Gasteiger partial charge in [-0.2, -0.15) is 8.42 Å². The first-order valence-corrected chi connectivity index (χ1v) is 10.1. The van der Waals surface area contributed by atoms with Crippen LogP contribution in [0.1, 0.15) is 53.5 Å². The molecule has 0 spiro atoms. The van der Waals surface area contributed by atoms with Gasteiger partial charge in [-0.15, -0.1) is 0 Å². The highest BCUT2D eigenvalue weighted by Gasteiger charge is 2.21. The monoisotopic (exact) mass is 370 g/mol. The molecule has 0 aliphatic heterocycles. The highest BCUT2D eigenvalue weighted by Crippen LogP contribution is 2.18. The Labute approximate surface area is 151 Å². The Hall–Kier alpha value is -1.76. The number of urea groups is 1. The van der Waals surface area contributed by atoms with E-state index in [1.54, 1.807) is 43.0 Å².